The average molecular weight is 811 g/mol. The van der Waals surface area contributed by atoms with Crippen LogP contribution in [-0.4, -0.2) is 66.0 Å². The van der Waals surface area contributed by atoms with Crippen LogP contribution in [0.1, 0.15) is 42.6 Å². The standard InChI is InChI=1S/C47H48F2O10/c1-4-46(23-51-24-46)27-53-29-55-37-11-6-33(7-12-37)45(50)59-44-19-10-36(22-42(44)49)40-17-8-34(20-32(40)3)35-9-18-43(41(48)21-35)58-31-57-39-15-13-38(14-16-39)56-30-54-28-47(5-2)25-52-26-47/h6-22H,4-5,23-31H2,1-3H3. The number of aryl methyl sites for hydroxylation is 1. The molecule has 59 heavy (non-hydrogen) atoms. The summed E-state index contributed by atoms with van der Waals surface area (Å²) in [5.74, 6) is -0.390. The van der Waals surface area contributed by atoms with Gasteiger partial charge in [0.05, 0.1) is 45.2 Å². The largest absolute Gasteiger partial charge is 0.468 e. The Morgan fingerprint density at radius 2 is 1.05 bits per heavy atom. The van der Waals surface area contributed by atoms with Gasteiger partial charge in [-0.15, -0.1) is 0 Å². The monoisotopic (exact) mass is 810 g/mol. The van der Waals surface area contributed by atoms with E-state index in [4.69, 9.17) is 42.6 Å². The second-order valence-electron chi connectivity index (χ2n) is 15.0. The van der Waals surface area contributed by atoms with Gasteiger partial charge in [-0.2, -0.15) is 0 Å². The molecular formula is C47H48F2O10. The molecule has 12 heteroatoms. The van der Waals surface area contributed by atoms with Crippen LogP contribution in [0.3, 0.4) is 0 Å². The molecule has 7 rings (SSSR count). The predicted molar refractivity (Wildman–Crippen MR) is 216 cm³/mol. The van der Waals surface area contributed by atoms with Gasteiger partial charge in [0, 0.05) is 10.8 Å². The van der Waals surface area contributed by atoms with E-state index in [-0.39, 0.29) is 48.3 Å². The summed E-state index contributed by atoms with van der Waals surface area (Å²) in [7, 11) is 0. The zero-order valence-electron chi connectivity index (χ0n) is 33.4. The molecular weight excluding hydrogens is 763 g/mol. The Balaban J connectivity index is 0.868. The molecule has 10 nitrogen and oxygen atoms in total. The van der Waals surface area contributed by atoms with Crippen molar-refractivity contribution in [1.29, 1.82) is 0 Å². The number of rotatable bonds is 20. The molecule has 0 N–H and O–H groups in total. The Morgan fingerprint density at radius 3 is 1.56 bits per heavy atom. The van der Waals surface area contributed by atoms with Gasteiger partial charge in [-0.1, -0.05) is 44.2 Å². The smallest absolute Gasteiger partial charge is 0.343 e. The maximum absolute atomic E-state index is 15.3. The first-order valence-corrected chi connectivity index (χ1v) is 19.6. The number of carbonyl (C=O) groups excluding carboxylic acids is 1. The third kappa shape index (κ3) is 10.4. The van der Waals surface area contributed by atoms with E-state index in [0.29, 0.717) is 68.0 Å². The van der Waals surface area contributed by atoms with Crippen LogP contribution < -0.4 is 23.7 Å². The topological polar surface area (TPSA) is 100 Å². The predicted octanol–water partition coefficient (Wildman–Crippen LogP) is 9.80. The number of esters is 1. The Kier molecular flexibility index (Phi) is 13.4. The molecule has 0 atom stereocenters. The van der Waals surface area contributed by atoms with E-state index in [1.807, 2.05) is 25.1 Å². The number of hydrogen-bond donors (Lipinski definition) is 0. The quantitative estimate of drug-likeness (QED) is 0.0327. The van der Waals surface area contributed by atoms with Crippen molar-refractivity contribution in [3.63, 3.8) is 0 Å². The van der Waals surface area contributed by atoms with Crippen LogP contribution in [-0.2, 0) is 18.9 Å². The van der Waals surface area contributed by atoms with Crippen molar-refractivity contribution in [3.05, 3.63) is 126 Å². The number of hydrogen-bond acceptors (Lipinski definition) is 10. The van der Waals surface area contributed by atoms with Gasteiger partial charge in [-0.25, -0.2) is 13.6 Å². The van der Waals surface area contributed by atoms with Gasteiger partial charge in [0.2, 0.25) is 6.79 Å². The molecule has 2 fully saturated rings. The Hall–Kier alpha value is -5.53. The van der Waals surface area contributed by atoms with Gasteiger partial charge in [-0.05, 0) is 120 Å². The fourth-order valence-corrected chi connectivity index (χ4v) is 6.65. The van der Waals surface area contributed by atoms with Crippen molar-refractivity contribution in [1.82, 2.24) is 0 Å². The number of benzene rings is 5. The second-order valence-corrected chi connectivity index (χ2v) is 15.0. The lowest BCUT2D eigenvalue weighted by molar-refractivity contribution is -0.162. The average Bonchev–Trinajstić information content (AvgIpc) is 3.22. The maximum Gasteiger partial charge on any atom is 0.343 e. The molecule has 0 bridgehead atoms. The zero-order chi connectivity index (χ0) is 41.2. The molecule has 5 aromatic rings. The third-order valence-corrected chi connectivity index (χ3v) is 10.9. The van der Waals surface area contributed by atoms with Crippen molar-refractivity contribution in [2.75, 3.05) is 60.0 Å². The van der Waals surface area contributed by atoms with E-state index in [2.05, 4.69) is 13.8 Å². The maximum atomic E-state index is 15.3. The Labute approximate surface area is 342 Å². The van der Waals surface area contributed by atoms with Crippen LogP contribution in [0.2, 0.25) is 0 Å². The van der Waals surface area contributed by atoms with Crippen LogP contribution >= 0.6 is 0 Å². The molecule has 2 aliphatic heterocycles. The van der Waals surface area contributed by atoms with Crippen molar-refractivity contribution in [2.45, 2.75) is 33.6 Å². The van der Waals surface area contributed by atoms with E-state index in [0.717, 1.165) is 29.5 Å². The van der Waals surface area contributed by atoms with E-state index in [1.54, 1.807) is 66.7 Å². The first-order chi connectivity index (χ1) is 28.7. The minimum absolute atomic E-state index is 0.0458. The number of carbonyl (C=O) groups is 1. The molecule has 0 unspecified atom stereocenters. The van der Waals surface area contributed by atoms with Gasteiger partial charge in [0.25, 0.3) is 0 Å². The summed E-state index contributed by atoms with van der Waals surface area (Å²) in [6.45, 7) is 10.1. The van der Waals surface area contributed by atoms with Gasteiger partial charge >= 0.3 is 5.97 Å². The van der Waals surface area contributed by atoms with Crippen LogP contribution in [0.25, 0.3) is 22.3 Å². The summed E-state index contributed by atoms with van der Waals surface area (Å²) in [6.07, 6.45) is 1.97. The lowest BCUT2D eigenvalue weighted by Gasteiger charge is -2.40. The van der Waals surface area contributed by atoms with E-state index in [1.165, 1.54) is 18.2 Å². The molecule has 2 aliphatic rings. The van der Waals surface area contributed by atoms with Gasteiger partial charge in [0.1, 0.15) is 17.2 Å². The molecule has 5 aromatic carbocycles. The van der Waals surface area contributed by atoms with Crippen LogP contribution in [0, 0.1) is 29.4 Å². The molecule has 2 saturated heterocycles. The van der Waals surface area contributed by atoms with Crippen molar-refractivity contribution >= 4 is 5.97 Å². The molecule has 2 heterocycles. The highest BCUT2D eigenvalue weighted by molar-refractivity contribution is 5.91. The Morgan fingerprint density at radius 1 is 0.576 bits per heavy atom. The van der Waals surface area contributed by atoms with Crippen molar-refractivity contribution in [3.8, 4) is 51.0 Å². The van der Waals surface area contributed by atoms with Crippen molar-refractivity contribution in [2.24, 2.45) is 10.8 Å². The summed E-state index contributed by atoms with van der Waals surface area (Å²) in [4.78, 5) is 12.8. The normalized spacial score (nSPS) is 15.1. The molecule has 310 valence electrons. The lowest BCUT2D eigenvalue weighted by Crippen LogP contribution is -2.45. The Bertz CT molecular complexity index is 2170. The first-order valence-electron chi connectivity index (χ1n) is 19.6. The summed E-state index contributed by atoms with van der Waals surface area (Å²) in [5, 5.41) is 0. The minimum Gasteiger partial charge on any atom is -0.468 e. The fourth-order valence-electron chi connectivity index (χ4n) is 6.65. The highest BCUT2D eigenvalue weighted by Crippen LogP contribution is 2.34. The molecule has 0 aromatic heterocycles. The first kappa shape index (κ1) is 41.6. The van der Waals surface area contributed by atoms with Gasteiger partial charge in [-0.3, -0.25) is 0 Å². The van der Waals surface area contributed by atoms with Crippen molar-refractivity contribution < 1.29 is 56.2 Å². The molecule has 0 spiro atoms. The molecule has 0 radical (unpaired) electrons. The van der Waals surface area contributed by atoms with Crippen LogP contribution in [0.15, 0.2) is 103 Å². The highest BCUT2D eigenvalue weighted by atomic mass is 19.1. The number of halogens is 2. The summed E-state index contributed by atoms with van der Waals surface area (Å²) >= 11 is 0. The third-order valence-electron chi connectivity index (χ3n) is 10.9. The lowest BCUT2D eigenvalue weighted by atomic mass is 9.84. The molecule has 0 saturated carbocycles. The summed E-state index contributed by atoms with van der Waals surface area (Å²) in [5.41, 5.74) is 4.01. The van der Waals surface area contributed by atoms with Gasteiger partial charge < -0.3 is 42.6 Å². The number of ether oxygens (including phenoxy) is 9. The highest BCUT2D eigenvalue weighted by Gasteiger charge is 2.37. The fraction of sp³-hybridized carbons (Fsp3) is 0.340. The minimum atomic E-state index is -0.704. The summed E-state index contributed by atoms with van der Waals surface area (Å²) in [6, 6.07) is 28.1. The zero-order valence-corrected chi connectivity index (χ0v) is 33.4. The SMILES string of the molecule is CCC1(COCOc2ccc(OCOc3ccc(-c4ccc(-c5ccc(OC(=O)c6ccc(OCOCC7(CC)COC7)cc6)c(F)c5)c(C)c4)cc3F)cc2)COC1. The van der Waals surface area contributed by atoms with Crippen LogP contribution in [0.5, 0.6) is 28.7 Å². The van der Waals surface area contributed by atoms with E-state index in [9.17, 15) is 4.79 Å². The van der Waals surface area contributed by atoms with E-state index >= 15 is 8.78 Å². The molecule has 0 amide bonds. The van der Waals surface area contributed by atoms with E-state index < -0.39 is 17.6 Å². The van der Waals surface area contributed by atoms with Gasteiger partial charge in [0.15, 0.2) is 36.7 Å². The molecule has 0 aliphatic carbocycles. The summed E-state index contributed by atoms with van der Waals surface area (Å²) < 4.78 is 80.3. The second kappa shape index (κ2) is 19.0. The van der Waals surface area contributed by atoms with Crippen LogP contribution in [0.4, 0.5) is 8.78 Å².